The van der Waals surface area contributed by atoms with Crippen LogP contribution in [0.25, 0.3) is 10.8 Å². The zero-order chi connectivity index (χ0) is 14.2. The summed E-state index contributed by atoms with van der Waals surface area (Å²) in [5, 5.41) is 5.81. The molecule has 106 valence electrons. The monoisotopic (exact) mass is 271 g/mol. The van der Waals surface area contributed by atoms with Crippen molar-refractivity contribution in [1.82, 2.24) is 5.32 Å². The highest BCUT2D eigenvalue weighted by atomic mass is 16.5. The molecule has 1 saturated heterocycles. The molecule has 3 nitrogen and oxygen atoms in total. The standard InChI is InChI=1S/C17H21NO2/c1-17(9-6-10-18-17)14-11-15(19-2)12-7-4-5-8-13(12)16(14)20-3/h4-5,7-8,11,18H,6,9-10H2,1-3H3. The van der Waals surface area contributed by atoms with E-state index in [0.717, 1.165) is 35.2 Å². The van der Waals surface area contributed by atoms with E-state index in [2.05, 4.69) is 30.4 Å². The Labute approximate surface area is 119 Å². The molecular formula is C17H21NO2. The number of benzene rings is 2. The molecule has 0 bridgehead atoms. The predicted molar refractivity (Wildman–Crippen MR) is 81.6 cm³/mol. The van der Waals surface area contributed by atoms with Crippen molar-refractivity contribution in [3.63, 3.8) is 0 Å². The van der Waals surface area contributed by atoms with Gasteiger partial charge in [-0.15, -0.1) is 0 Å². The molecule has 3 rings (SSSR count). The zero-order valence-electron chi connectivity index (χ0n) is 12.3. The molecule has 1 aliphatic heterocycles. The molecule has 20 heavy (non-hydrogen) atoms. The maximum absolute atomic E-state index is 5.74. The smallest absolute Gasteiger partial charge is 0.132 e. The van der Waals surface area contributed by atoms with E-state index in [1.165, 1.54) is 12.0 Å². The first-order valence-electron chi connectivity index (χ1n) is 7.09. The van der Waals surface area contributed by atoms with Gasteiger partial charge in [0.1, 0.15) is 11.5 Å². The van der Waals surface area contributed by atoms with Gasteiger partial charge in [0.25, 0.3) is 0 Å². The van der Waals surface area contributed by atoms with Gasteiger partial charge in [0, 0.05) is 21.9 Å². The number of hydrogen-bond donors (Lipinski definition) is 1. The summed E-state index contributed by atoms with van der Waals surface area (Å²) < 4.78 is 11.3. The number of fused-ring (bicyclic) bond motifs is 1. The van der Waals surface area contributed by atoms with Crippen molar-refractivity contribution in [2.45, 2.75) is 25.3 Å². The van der Waals surface area contributed by atoms with Crippen molar-refractivity contribution in [2.24, 2.45) is 0 Å². The maximum atomic E-state index is 5.74. The lowest BCUT2D eigenvalue weighted by Gasteiger charge is -2.28. The summed E-state index contributed by atoms with van der Waals surface area (Å²) in [6.45, 7) is 3.29. The Balaban J connectivity index is 2.31. The van der Waals surface area contributed by atoms with Crippen LogP contribution in [0.1, 0.15) is 25.3 Å². The first-order valence-corrected chi connectivity index (χ1v) is 7.09. The molecule has 0 amide bonds. The Morgan fingerprint density at radius 3 is 2.45 bits per heavy atom. The van der Waals surface area contributed by atoms with Crippen molar-refractivity contribution in [1.29, 1.82) is 0 Å². The SMILES string of the molecule is COc1cc(C2(C)CCCN2)c(OC)c2ccccc12. The average Bonchev–Trinajstić information content (AvgIpc) is 2.93. The molecule has 0 spiro atoms. The highest BCUT2D eigenvalue weighted by Crippen LogP contribution is 2.43. The van der Waals surface area contributed by atoms with Crippen LogP contribution in [0.15, 0.2) is 30.3 Å². The second-order valence-corrected chi connectivity index (χ2v) is 5.57. The largest absolute Gasteiger partial charge is 0.496 e. The predicted octanol–water partition coefficient (Wildman–Crippen LogP) is 3.46. The first-order chi connectivity index (χ1) is 9.69. The van der Waals surface area contributed by atoms with E-state index < -0.39 is 0 Å². The lowest BCUT2D eigenvalue weighted by atomic mass is 9.87. The number of rotatable bonds is 3. The second-order valence-electron chi connectivity index (χ2n) is 5.57. The van der Waals surface area contributed by atoms with Gasteiger partial charge in [-0.2, -0.15) is 0 Å². The quantitative estimate of drug-likeness (QED) is 0.927. The van der Waals surface area contributed by atoms with Crippen LogP contribution in [0, 0.1) is 0 Å². The van der Waals surface area contributed by atoms with E-state index >= 15 is 0 Å². The van der Waals surface area contributed by atoms with E-state index in [0.29, 0.717) is 0 Å². The molecule has 0 radical (unpaired) electrons. The highest BCUT2D eigenvalue weighted by Gasteiger charge is 2.34. The van der Waals surface area contributed by atoms with E-state index in [4.69, 9.17) is 9.47 Å². The summed E-state index contributed by atoms with van der Waals surface area (Å²) in [5.74, 6) is 1.87. The summed E-state index contributed by atoms with van der Waals surface area (Å²) in [6.07, 6.45) is 2.31. The van der Waals surface area contributed by atoms with Gasteiger partial charge in [-0.3, -0.25) is 0 Å². The van der Waals surface area contributed by atoms with Crippen LogP contribution in [0.5, 0.6) is 11.5 Å². The maximum Gasteiger partial charge on any atom is 0.132 e. The van der Waals surface area contributed by atoms with Crippen LogP contribution in [-0.2, 0) is 5.54 Å². The molecule has 1 unspecified atom stereocenters. The third-order valence-corrected chi connectivity index (χ3v) is 4.34. The molecule has 1 atom stereocenters. The third-order valence-electron chi connectivity index (χ3n) is 4.34. The molecule has 1 heterocycles. The summed E-state index contributed by atoms with van der Waals surface area (Å²) in [6, 6.07) is 10.4. The van der Waals surface area contributed by atoms with E-state index in [1.54, 1.807) is 14.2 Å². The number of ether oxygens (including phenoxy) is 2. The fourth-order valence-corrected chi connectivity index (χ4v) is 3.24. The van der Waals surface area contributed by atoms with Crippen molar-refractivity contribution < 1.29 is 9.47 Å². The van der Waals surface area contributed by atoms with Crippen molar-refractivity contribution in [2.75, 3.05) is 20.8 Å². The lowest BCUT2D eigenvalue weighted by molar-refractivity contribution is 0.369. The number of methoxy groups -OCH3 is 2. The minimum atomic E-state index is -0.0390. The summed E-state index contributed by atoms with van der Waals surface area (Å²) in [7, 11) is 3.47. The summed E-state index contributed by atoms with van der Waals surface area (Å²) in [5.41, 5.74) is 1.15. The Morgan fingerprint density at radius 1 is 1.10 bits per heavy atom. The van der Waals surface area contributed by atoms with Gasteiger partial charge in [0.15, 0.2) is 0 Å². The summed E-state index contributed by atoms with van der Waals surface area (Å²) in [4.78, 5) is 0. The minimum absolute atomic E-state index is 0.0390. The Bertz CT molecular complexity index is 630. The van der Waals surface area contributed by atoms with Gasteiger partial charge >= 0.3 is 0 Å². The Kier molecular flexibility index (Phi) is 3.30. The van der Waals surface area contributed by atoms with Gasteiger partial charge in [0.05, 0.1) is 14.2 Å². The van der Waals surface area contributed by atoms with Crippen molar-refractivity contribution >= 4 is 10.8 Å². The molecule has 0 aliphatic carbocycles. The molecule has 1 N–H and O–H groups in total. The van der Waals surface area contributed by atoms with Gasteiger partial charge in [0.2, 0.25) is 0 Å². The molecule has 0 aromatic heterocycles. The van der Waals surface area contributed by atoms with Crippen LogP contribution >= 0.6 is 0 Å². The first kappa shape index (κ1) is 13.3. The number of nitrogens with one attached hydrogen (secondary N) is 1. The molecule has 2 aromatic carbocycles. The van der Waals surface area contributed by atoms with E-state index in [9.17, 15) is 0 Å². The van der Waals surface area contributed by atoms with Crippen LogP contribution in [0.3, 0.4) is 0 Å². The van der Waals surface area contributed by atoms with Crippen LogP contribution in [0.4, 0.5) is 0 Å². The van der Waals surface area contributed by atoms with E-state index in [-0.39, 0.29) is 5.54 Å². The minimum Gasteiger partial charge on any atom is -0.496 e. The van der Waals surface area contributed by atoms with Gasteiger partial charge < -0.3 is 14.8 Å². The molecule has 0 saturated carbocycles. The fraction of sp³-hybridized carbons (Fsp3) is 0.412. The molecule has 2 aromatic rings. The highest BCUT2D eigenvalue weighted by molar-refractivity contribution is 5.94. The van der Waals surface area contributed by atoms with Gasteiger partial charge in [-0.05, 0) is 32.4 Å². The molecule has 3 heteroatoms. The topological polar surface area (TPSA) is 30.5 Å². The normalized spacial score (nSPS) is 22.1. The number of hydrogen-bond acceptors (Lipinski definition) is 3. The van der Waals surface area contributed by atoms with Crippen molar-refractivity contribution in [3.05, 3.63) is 35.9 Å². The van der Waals surface area contributed by atoms with Crippen molar-refractivity contribution in [3.8, 4) is 11.5 Å². The average molecular weight is 271 g/mol. The molecular weight excluding hydrogens is 250 g/mol. The lowest BCUT2D eigenvalue weighted by Crippen LogP contribution is -2.33. The molecule has 1 aliphatic rings. The second kappa shape index (κ2) is 4.98. The molecule has 1 fully saturated rings. The van der Waals surface area contributed by atoms with Crippen LogP contribution in [0.2, 0.25) is 0 Å². The third kappa shape index (κ3) is 1.93. The zero-order valence-corrected chi connectivity index (χ0v) is 12.3. The summed E-state index contributed by atoms with van der Waals surface area (Å²) >= 11 is 0. The Hall–Kier alpha value is -1.74. The van der Waals surface area contributed by atoms with Gasteiger partial charge in [-0.1, -0.05) is 24.3 Å². The fourth-order valence-electron chi connectivity index (χ4n) is 3.24. The van der Waals surface area contributed by atoms with Gasteiger partial charge in [-0.25, -0.2) is 0 Å². The van der Waals surface area contributed by atoms with Crippen LogP contribution in [-0.4, -0.2) is 20.8 Å². The Morgan fingerprint density at radius 2 is 1.85 bits per heavy atom. The van der Waals surface area contributed by atoms with Crippen LogP contribution < -0.4 is 14.8 Å². The van der Waals surface area contributed by atoms with E-state index in [1.807, 2.05) is 12.1 Å².